The van der Waals surface area contributed by atoms with Crippen LogP contribution < -0.4 is 10.6 Å². The third kappa shape index (κ3) is 4.09. The Balaban J connectivity index is 1.65. The molecule has 1 saturated heterocycles. The van der Waals surface area contributed by atoms with E-state index in [1.54, 1.807) is 0 Å². The quantitative estimate of drug-likeness (QED) is 0.882. The number of anilines is 1. The Morgan fingerprint density at radius 2 is 2.09 bits per heavy atom. The highest BCUT2D eigenvalue weighted by Crippen LogP contribution is 2.30. The second-order valence-electron chi connectivity index (χ2n) is 6.32. The SMILES string of the molecule is CN(C)Cc1ccc(-c2cc(N[C@H]3CCCNC3)cs2)cc1. The molecule has 2 heterocycles. The number of nitrogens with zero attached hydrogens (tertiary/aromatic N) is 1. The molecule has 4 heteroatoms. The monoisotopic (exact) mass is 315 g/mol. The van der Waals surface area contributed by atoms with E-state index in [9.17, 15) is 0 Å². The first-order chi connectivity index (χ1) is 10.7. The van der Waals surface area contributed by atoms with E-state index in [1.165, 1.54) is 34.5 Å². The molecule has 0 aliphatic carbocycles. The van der Waals surface area contributed by atoms with Crippen molar-refractivity contribution in [3.05, 3.63) is 41.3 Å². The van der Waals surface area contributed by atoms with Crippen LogP contribution in [-0.4, -0.2) is 38.1 Å². The van der Waals surface area contributed by atoms with Crippen LogP contribution in [0.1, 0.15) is 18.4 Å². The topological polar surface area (TPSA) is 27.3 Å². The lowest BCUT2D eigenvalue weighted by molar-refractivity contribution is 0.402. The van der Waals surface area contributed by atoms with Gasteiger partial charge in [0.2, 0.25) is 0 Å². The summed E-state index contributed by atoms with van der Waals surface area (Å²) in [5.41, 5.74) is 3.92. The minimum absolute atomic E-state index is 0.568. The van der Waals surface area contributed by atoms with Crippen LogP contribution in [0.2, 0.25) is 0 Å². The summed E-state index contributed by atoms with van der Waals surface area (Å²) in [6.07, 6.45) is 2.53. The highest BCUT2D eigenvalue weighted by Gasteiger charge is 2.13. The van der Waals surface area contributed by atoms with Gasteiger partial charge in [-0.15, -0.1) is 11.3 Å². The molecule has 1 aromatic heterocycles. The molecule has 0 bridgehead atoms. The van der Waals surface area contributed by atoms with Crippen LogP contribution in [0.15, 0.2) is 35.7 Å². The summed E-state index contributed by atoms with van der Waals surface area (Å²) in [6.45, 7) is 3.23. The molecule has 118 valence electrons. The molecule has 1 aromatic carbocycles. The maximum absolute atomic E-state index is 3.65. The van der Waals surface area contributed by atoms with Crippen molar-refractivity contribution in [1.82, 2.24) is 10.2 Å². The van der Waals surface area contributed by atoms with Crippen molar-refractivity contribution < 1.29 is 0 Å². The average Bonchev–Trinajstić information content (AvgIpc) is 2.97. The molecule has 0 radical (unpaired) electrons. The Morgan fingerprint density at radius 3 is 2.77 bits per heavy atom. The first-order valence-electron chi connectivity index (χ1n) is 8.00. The summed E-state index contributed by atoms with van der Waals surface area (Å²) in [4.78, 5) is 3.53. The molecule has 2 N–H and O–H groups in total. The van der Waals surface area contributed by atoms with E-state index in [4.69, 9.17) is 0 Å². The Bertz CT molecular complexity index is 583. The predicted octanol–water partition coefficient (Wildman–Crippen LogP) is 3.64. The van der Waals surface area contributed by atoms with E-state index in [0.717, 1.165) is 19.6 Å². The third-order valence-corrected chi connectivity index (χ3v) is 4.98. The molecule has 3 rings (SSSR count). The molecule has 1 aliphatic heterocycles. The van der Waals surface area contributed by atoms with Crippen LogP contribution in [-0.2, 0) is 6.54 Å². The van der Waals surface area contributed by atoms with E-state index >= 15 is 0 Å². The highest BCUT2D eigenvalue weighted by molar-refractivity contribution is 7.14. The van der Waals surface area contributed by atoms with E-state index in [2.05, 4.69) is 65.3 Å². The molecule has 3 nitrogen and oxygen atoms in total. The Labute approximate surface area is 137 Å². The molecule has 2 aromatic rings. The van der Waals surface area contributed by atoms with Gasteiger partial charge in [-0.05, 0) is 50.7 Å². The van der Waals surface area contributed by atoms with Gasteiger partial charge in [-0.1, -0.05) is 24.3 Å². The number of nitrogens with one attached hydrogen (secondary N) is 2. The zero-order valence-corrected chi connectivity index (χ0v) is 14.2. The van der Waals surface area contributed by atoms with Crippen LogP contribution in [0.3, 0.4) is 0 Å². The lowest BCUT2D eigenvalue weighted by Crippen LogP contribution is -2.38. The minimum Gasteiger partial charge on any atom is -0.380 e. The summed E-state index contributed by atoms with van der Waals surface area (Å²) in [5, 5.41) is 9.34. The van der Waals surface area contributed by atoms with Crippen LogP contribution >= 0.6 is 11.3 Å². The van der Waals surface area contributed by atoms with Gasteiger partial charge < -0.3 is 15.5 Å². The van der Waals surface area contributed by atoms with Crippen LogP contribution in [0, 0.1) is 0 Å². The van der Waals surface area contributed by atoms with Crippen molar-refractivity contribution in [2.24, 2.45) is 0 Å². The smallest absolute Gasteiger partial charge is 0.0457 e. The molecule has 1 fully saturated rings. The molecule has 1 atom stereocenters. The largest absolute Gasteiger partial charge is 0.380 e. The normalized spacial score (nSPS) is 18.6. The number of thiophene rings is 1. The average molecular weight is 315 g/mol. The van der Waals surface area contributed by atoms with E-state index in [0.29, 0.717) is 6.04 Å². The number of piperidine rings is 1. The van der Waals surface area contributed by atoms with Gasteiger partial charge in [0.1, 0.15) is 0 Å². The number of hydrogen-bond donors (Lipinski definition) is 2. The van der Waals surface area contributed by atoms with Crippen molar-refractivity contribution >= 4 is 17.0 Å². The second kappa shape index (κ2) is 7.27. The zero-order chi connectivity index (χ0) is 15.4. The van der Waals surface area contributed by atoms with Gasteiger partial charge in [0.15, 0.2) is 0 Å². The summed E-state index contributed by atoms with van der Waals surface area (Å²) in [6, 6.07) is 11.8. The maximum atomic E-state index is 3.65. The first-order valence-corrected chi connectivity index (χ1v) is 8.88. The standard InChI is InChI=1S/C18H25N3S/c1-21(2)12-14-5-7-15(8-6-14)18-10-17(13-22-18)20-16-4-3-9-19-11-16/h5-8,10,13,16,19-20H,3-4,9,11-12H2,1-2H3/t16-/m0/s1. The molecule has 0 spiro atoms. The molecule has 0 saturated carbocycles. The molecule has 0 unspecified atom stereocenters. The Kier molecular flexibility index (Phi) is 5.13. The van der Waals surface area contributed by atoms with E-state index in [-0.39, 0.29) is 0 Å². The van der Waals surface area contributed by atoms with Crippen molar-refractivity contribution in [3.63, 3.8) is 0 Å². The molecule has 22 heavy (non-hydrogen) atoms. The van der Waals surface area contributed by atoms with Crippen molar-refractivity contribution in [2.45, 2.75) is 25.4 Å². The fraction of sp³-hybridized carbons (Fsp3) is 0.444. The van der Waals surface area contributed by atoms with Gasteiger partial charge in [0.25, 0.3) is 0 Å². The maximum Gasteiger partial charge on any atom is 0.0457 e. The number of benzene rings is 1. The third-order valence-electron chi connectivity index (χ3n) is 4.00. The molecular weight excluding hydrogens is 290 g/mol. The summed E-state index contributed by atoms with van der Waals surface area (Å²) >= 11 is 1.82. The van der Waals surface area contributed by atoms with Crippen molar-refractivity contribution in [1.29, 1.82) is 0 Å². The van der Waals surface area contributed by atoms with Gasteiger partial charge >= 0.3 is 0 Å². The van der Waals surface area contributed by atoms with E-state index in [1.807, 2.05) is 11.3 Å². The van der Waals surface area contributed by atoms with Crippen LogP contribution in [0.5, 0.6) is 0 Å². The van der Waals surface area contributed by atoms with Gasteiger partial charge in [-0.25, -0.2) is 0 Å². The predicted molar refractivity (Wildman–Crippen MR) is 96.7 cm³/mol. The summed E-state index contributed by atoms with van der Waals surface area (Å²) in [7, 11) is 4.20. The molecule has 0 amide bonds. The fourth-order valence-electron chi connectivity index (χ4n) is 2.91. The number of rotatable bonds is 5. The van der Waals surface area contributed by atoms with E-state index < -0.39 is 0 Å². The number of hydrogen-bond acceptors (Lipinski definition) is 4. The van der Waals surface area contributed by atoms with Gasteiger partial charge in [0.05, 0.1) is 0 Å². The minimum atomic E-state index is 0.568. The first kappa shape index (κ1) is 15.5. The summed E-state index contributed by atoms with van der Waals surface area (Å²) < 4.78 is 0. The Hall–Kier alpha value is -1.36. The lowest BCUT2D eigenvalue weighted by Gasteiger charge is -2.24. The Morgan fingerprint density at radius 1 is 1.27 bits per heavy atom. The van der Waals surface area contributed by atoms with Gasteiger partial charge in [0, 0.05) is 35.1 Å². The zero-order valence-electron chi connectivity index (χ0n) is 13.4. The van der Waals surface area contributed by atoms with Gasteiger partial charge in [-0.3, -0.25) is 0 Å². The summed E-state index contributed by atoms with van der Waals surface area (Å²) in [5.74, 6) is 0. The van der Waals surface area contributed by atoms with Crippen molar-refractivity contribution in [2.75, 3.05) is 32.5 Å². The molecular formula is C18H25N3S. The lowest BCUT2D eigenvalue weighted by atomic mass is 10.1. The van der Waals surface area contributed by atoms with Crippen molar-refractivity contribution in [3.8, 4) is 10.4 Å². The highest BCUT2D eigenvalue weighted by atomic mass is 32.1. The van der Waals surface area contributed by atoms with Crippen LogP contribution in [0.25, 0.3) is 10.4 Å². The second-order valence-corrected chi connectivity index (χ2v) is 7.23. The van der Waals surface area contributed by atoms with Crippen LogP contribution in [0.4, 0.5) is 5.69 Å². The molecule has 1 aliphatic rings. The van der Waals surface area contributed by atoms with Gasteiger partial charge in [-0.2, -0.15) is 0 Å². The fourth-order valence-corrected chi connectivity index (χ4v) is 3.77.